The molecule has 4 heteroatoms. The molecule has 0 heterocycles. The van der Waals surface area contributed by atoms with Crippen molar-refractivity contribution in [3.05, 3.63) is 68.0 Å². The molecule has 112 valence electrons. The van der Waals surface area contributed by atoms with Gasteiger partial charge < -0.3 is 5.32 Å². The van der Waals surface area contributed by atoms with E-state index < -0.39 is 0 Å². The van der Waals surface area contributed by atoms with E-state index in [1.807, 2.05) is 12.1 Å². The molecule has 2 aromatic carbocycles. The van der Waals surface area contributed by atoms with Gasteiger partial charge in [-0.2, -0.15) is 0 Å². The van der Waals surface area contributed by atoms with Crippen molar-refractivity contribution in [3.8, 4) is 0 Å². The monoisotopic (exact) mass is 417 g/mol. The van der Waals surface area contributed by atoms with Crippen LogP contribution in [0, 0.1) is 9.39 Å². The number of rotatable bonds is 6. The van der Waals surface area contributed by atoms with Gasteiger partial charge in [0.2, 0.25) is 0 Å². The van der Waals surface area contributed by atoms with Crippen LogP contribution < -0.4 is 5.32 Å². The van der Waals surface area contributed by atoms with E-state index in [1.165, 1.54) is 15.2 Å². The van der Waals surface area contributed by atoms with Crippen molar-refractivity contribution in [2.24, 2.45) is 0 Å². The summed E-state index contributed by atoms with van der Waals surface area (Å²) in [4.78, 5) is 0. The van der Waals surface area contributed by atoms with Gasteiger partial charge in [0.1, 0.15) is 5.82 Å². The zero-order valence-electron chi connectivity index (χ0n) is 11.9. The summed E-state index contributed by atoms with van der Waals surface area (Å²) in [5, 5.41) is 3.75. The molecule has 0 bridgehead atoms. The van der Waals surface area contributed by atoms with E-state index in [0.29, 0.717) is 6.42 Å². The fourth-order valence-corrected chi connectivity index (χ4v) is 3.05. The maximum atomic E-state index is 13.6. The predicted octanol–water partition coefficient (Wildman–Crippen LogP) is 5.37. The first-order chi connectivity index (χ1) is 10.1. The summed E-state index contributed by atoms with van der Waals surface area (Å²) in [6.07, 6.45) is 1.73. The molecule has 0 aliphatic carbocycles. The highest BCUT2D eigenvalue weighted by atomic mass is 127. The van der Waals surface area contributed by atoms with Gasteiger partial charge in [0.25, 0.3) is 0 Å². The van der Waals surface area contributed by atoms with Crippen LogP contribution in [0.25, 0.3) is 0 Å². The molecular formula is C17H18ClFIN. The lowest BCUT2D eigenvalue weighted by Gasteiger charge is -2.20. The van der Waals surface area contributed by atoms with Crippen molar-refractivity contribution in [1.82, 2.24) is 5.32 Å². The Labute approximate surface area is 144 Å². The van der Waals surface area contributed by atoms with Crippen LogP contribution in [0.4, 0.5) is 4.39 Å². The average Bonchev–Trinajstić information content (AvgIpc) is 2.47. The maximum absolute atomic E-state index is 13.6. The Morgan fingerprint density at radius 2 is 2.00 bits per heavy atom. The minimum atomic E-state index is -0.356. The van der Waals surface area contributed by atoms with E-state index in [9.17, 15) is 4.39 Å². The zero-order valence-corrected chi connectivity index (χ0v) is 14.8. The molecule has 0 saturated carbocycles. The topological polar surface area (TPSA) is 12.0 Å². The van der Waals surface area contributed by atoms with Crippen molar-refractivity contribution in [2.75, 3.05) is 6.54 Å². The smallest absolute Gasteiger partial charge is 0.142 e. The van der Waals surface area contributed by atoms with Gasteiger partial charge in [0.15, 0.2) is 0 Å². The average molecular weight is 418 g/mol. The first-order valence-electron chi connectivity index (χ1n) is 7.03. The molecule has 1 atom stereocenters. The summed E-state index contributed by atoms with van der Waals surface area (Å²) >= 11 is 8.39. The molecule has 2 rings (SSSR count). The SMILES string of the molecule is CCCNC(Cc1cccc(F)c1Cl)c1cccc(I)c1. The first-order valence-corrected chi connectivity index (χ1v) is 8.49. The van der Waals surface area contributed by atoms with Crippen molar-refractivity contribution in [1.29, 1.82) is 0 Å². The van der Waals surface area contributed by atoms with Crippen molar-refractivity contribution in [2.45, 2.75) is 25.8 Å². The van der Waals surface area contributed by atoms with Crippen LogP contribution in [-0.4, -0.2) is 6.54 Å². The van der Waals surface area contributed by atoms with Crippen LogP contribution in [0.15, 0.2) is 42.5 Å². The van der Waals surface area contributed by atoms with Crippen LogP contribution in [-0.2, 0) is 6.42 Å². The second-order valence-corrected chi connectivity index (χ2v) is 6.60. The second kappa shape index (κ2) is 8.11. The molecule has 21 heavy (non-hydrogen) atoms. The molecule has 2 aromatic rings. The van der Waals surface area contributed by atoms with Gasteiger partial charge in [-0.15, -0.1) is 0 Å². The van der Waals surface area contributed by atoms with Crippen molar-refractivity contribution < 1.29 is 4.39 Å². The van der Waals surface area contributed by atoms with E-state index in [-0.39, 0.29) is 16.9 Å². The van der Waals surface area contributed by atoms with Gasteiger partial charge in [-0.05, 0) is 71.3 Å². The molecule has 0 radical (unpaired) electrons. The molecule has 0 saturated heterocycles. The van der Waals surface area contributed by atoms with Crippen LogP contribution in [0.3, 0.4) is 0 Å². The van der Waals surface area contributed by atoms with Gasteiger partial charge in [-0.1, -0.05) is 42.8 Å². The van der Waals surface area contributed by atoms with E-state index in [1.54, 1.807) is 6.07 Å². The summed E-state index contributed by atoms with van der Waals surface area (Å²) in [7, 11) is 0. The zero-order chi connectivity index (χ0) is 15.2. The summed E-state index contributed by atoms with van der Waals surface area (Å²) in [6, 6.07) is 13.5. The Morgan fingerprint density at radius 1 is 1.24 bits per heavy atom. The predicted molar refractivity (Wildman–Crippen MR) is 95.3 cm³/mol. The van der Waals surface area contributed by atoms with Crippen LogP contribution in [0.1, 0.15) is 30.5 Å². The van der Waals surface area contributed by atoms with E-state index >= 15 is 0 Å². The molecule has 0 aliphatic rings. The van der Waals surface area contributed by atoms with Crippen molar-refractivity contribution >= 4 is 34.2 Å². The third-order valence-corrected chi connectivity index (χ3v) is 4.44. The van der Waals surface area contributed by atoms with Gasteiger partial charge in [-0.25, -0.2) is 4.39 Å². The third kappa shape index (κ3) is 4.66. The molecule has 0 aliphatic heterocycles. The van der Waals surface area contributed by atoms with Gasteiger partial charge in [-0.3, -0.25) is 0 Å². The standard InChI is InChI=1S/C17H18ClFIN/c1-2-9-21-16(12-5-3-7-14(20)10-12)11-13-6-4-8-15(19)17(13)18/h3-8,10,16,21H,2,9,11H2,1H3. The molecular weight excluding hydrogens is 400 g/mol. The fourth-order valence-electron chi connectivity index (χ4n) is 2.28. The molecule has 0 fully saturated rings. The number of benzene rings is 2. The van der Waals surface area contributed by atoms with Crippen LogP contribution in [0.5, 0.6) is 0 Å². The maximum Gasteiger partial charge on any atom is 0.142 e. The largest absolute Gasteiger partial charge is 0.310 e. The minimum absolute atomic E-state index is 0.138. The molecule has 1 N–H and O–H groups in total. The Kier molecular flexibility index (Phi) is 6.45. The molecule has 0 spiro atoms. The van der Waals surface area contributed by atoms with Crippen molar-refractivity contribution in [3.63, 3.8) is 0 Å². The molecule has 1 unspecified atom stereocenters. The minimum Gasteiger partial charge on any atom is -0.310 e. The van der Waals surface area contributed by atoms with Gasteiger partial charge in [0, 0.05) is 9.61 Å². The molecule has 0 amide bonds. The van der Waals surface area contributed by atoms with Crippen LogP contribution in [0.2, 0.25) is 5.02 Å². The first kappa shape index (κ1) is 16.7. The number of halogens is 3. The third-order valence-electron chi connectivity index (χ3n) is 3.35. The Balaban J connectivity index is 2.26. The second-order valence-electron chi connectivity index (χ2n) is 4.98. The number of hydrogen-bond donors (Lipinski definition) is 1. The molecule has 0 aromatic heterocycles. The van der Waals surface area contributed by atoms with E-state index in [2.05, 4.69) is 53.0 Å². The summed E-state index contributed by atoms with van der Waals surface area (Å²) in [5.74, 6) is -0.356. The number of hydrogen-bond acceptors (Lipinski definition) is 1. The highest BCUT2D eigenvalue weighted by Gasteiger charge is 2.15. The summed E-state index contributed by atoms with van der Waals surface area (Å²) in [6.45, 7) is 3.05. The lowest BCUT2D eigenvalue weighted by Crippen LogP contribution is -2.24. The number of nitrogens with one attached hydrogen (secondary N) is 1. The van der Waals surface area contributed by atoms with Gasteiger partial charge in [0.05, 0.1) is 5.02 Å². The van der Waals surface area contributed by atoms with E-state index in [0.717, 1.165) is 18.5 Å². The Bertz CT molecular complexity index is 603. The normalized spacial score (nSPS) is 12.4. The highest BCUT2D eigenvalue weighted by Crippen LogP contribution is 2.26. The highest BCUT2D eigenvalue weighted by molar-refractivity contribution is 14.1. The quantitative estimate of drug-likeness (QED) is 0.623. The van der Waals surface area contributed by atoms with E-state index in [4.69, 9.17) is 11.6 Å². The summed E-state index contributed by atoms with van der Waals surface area (Å²) in [5.41, 5.74) is 2.04. The van der Waals surface area contributed by atoms with Gasteiger partial charge >= 0.3 is 0 Å². The lowest BCUT2D eigenvalue weighted by atomic mass is 9.98. The van der Waals surface area contributed by atoms with Crippen LogP contribution >= 0.6 is 34.2 Å². The lowest BCUT2D eigenvalue weighted by molar-refractivity contribution is 0.527. The summed E-state index contributed by atoms with van der Waals surface area (Å²) < 4.78 is 14.8. The fraction of sp³-hybridized carbons (Fsp3) is 0.294. The Morgan fingerprint density at radius 3 is 2.71 bits per heavy atom. The Hall–Kier alpha value is -0.650. The molecule has 1 nitrogen and oxygen atoms in total.